The van der Waals surface area contributed by atoms with E-state index in [0.717, 1.165) is 0 Å². The highest BCUT2D eigenvalue weighted by molar-refractivity contribution is 5.81. The lowest BCUT2D eigenvalue weighted by molar-refractivity contribution is -0.384. The van der Waals surface area contributed by atoms with E-state index in [-0.39, 0.29) is 22.9 Å². The molecule has 1 fully saturated rings. The molecule has 0 amide bonds. The fourth-order valence-electron chi connectivity index (χ4n) is 2.57. The number of carboxylic acid groups (broad SMARTS) is 1. The fourth-order valence-corrected chi connectivity index (χ4v) is 2.57. The Morgan fingerprint density at radius 3 is 2.85 bits per heavy atom. The molecule has 1 N–H and O–H groups in total. The van der Waals surface area contributed by atoms with Crippen LogP contribution in [0.2, 0.25) is 0 Å². The Morgan fingerprint density at radius 2 is 2.30 bits per heavy atom. The van der Waals surface area contributed by atoms with Crippen molar-refractivity contribution in [2.75, 3.05) is 11.4 Å². The smallest absolute Gasteiger partial charge is 0.326 e. The van der Waals surface area contributed by atoms with E-state index in [2.05, 4.69) is 0 Å². The second kappa shape index (κ2) is 5.17. The number of anilines is 1. The molecule has 0 bridgehead atoms. The average molecular weight is 275 g/mol. The molecule has 1 aromatic rings. The van der Waals surface area contributed by atoms with Gasteiger partial charge in [0.1, 0.15) is 11.7 Å². The van der Waals surface area contributed by atoms with E-state index >= 15 is 0 Å². The van der Waals surface area contributed by atoms with Gasteiger partial charge in [0.15, 0.2) is 0 Å². The monoisotopic (exact) mass is 275 g/mol. The van der Waals surface area contributed by atoms with Gasteiger partial charge < -0.3 is 10.0 Å². The van der Waals surface area contributed by atoms with Crippen LogP contribution < -0.4 is 4.90 Å². The quantitative estimate of drug-likeness (QED) is 0.665. The Kier molecular flexibility index (Phi) is 3.57. The zero-order valence-corrected chi connectivity index (χ0v) is 10.8. The molecule has 104 valence electrons. The number of carbonyl (C=O) groups is 1. The summed E-state index contributed by atoms with van der Waals surface area (Å²) in [7, 11) is 0. The molecule has 1 aliphatic heterocycles. The maximum atomic E-state index is 11.4. The Hall–Kier alpha value is -2.62. The summed E-state index contributed by atoms with van der Waals surface area (Å²) < 4.78 is 0. The van der Waals surface area contributed by atoms with Gasteiger partial charge in [-0.25, -0.2) is 4.79 Å². The average Bonchev–Trinajstić information content (AvgIpc) is 2.79. The summed E-state index contributed by atoms with van der Waals surface area (Å²) in [4.78, 5) is 23.4. The van der Waals surface area contributed by atoms with Gasteiger partial charge in [-0.2, -0.15) is 5.26 Å². The molecular formula is C13H13N3O4. The van der Waals surface area contributed by atoms with Crippen molar-refractivity contribution < 1.29 is 14.8 Å². The third-order valence-corrected chi connectivity index (χ3v) is 3.56. The minimum Gasteiger partial charge on any atom is -0.480 e. The van der Waals surface area contributed by atoms with E-state index in [1.807, 2.05) is 6.07 Å². The molecule has 20 heavy (non-hydrogen) atoms. The summed E-state index contributed by atoms with van der Waals surface area (Å²) in [5, 5.41) is 29.3. The van der Waals surface area contributed by atoms with Gasteiger partial charge in [-0.15, -0.1) is 0 Å². The number of carboxylic acids is 1. The molecule has 0 saturated carbocycles. The van der Waals surface area contributed by atoms with Gasteiger partial charge in [0, 0.05) is 12.6 Å². The van der Waals surface area contributed by atoms with Gasteiger partial charge in [0.05, 0.1) is 16.6 Å². The first-order chi connectivity index (χ1) is 9.45. The number of nitriles is 1. The Balaban J connectivity index is 2.53. The zero-order chi connectivity index (χ0) is 14.9. The van der Waals surface area contributed by atoms with E-state index in [1.165, 1.54) is 23.1 Å². The Bertz CT molecular complexity index is 608. The highest BCUT2D eigenvalue weighted by atomic mass is 16.6. The van der Waals surface area contributed by atoms with E-state index in [4.69, 9.17) is 5.26 Å². The normalized spacial score (nSPS) is 21.5. The number of rotatable bonds is 3. The lowest BCUT2D eigenvalue weighted by Gasteiger charge is -2.25. The topological polar surface area (TPSA) is 107 Å². The minimum atomic E-state index is -1.01. The molecular weight excluding hydrogens is 262 g/mol. The Morgan fingerprint density at radius 1 is 1.60 bits per heavy atom. The van der Waals surface area contributed by atoms with Crippen LogP contribution in [0.4, 0.5) is 11.4 Å². The molecule has 0 spiro atoms. The summed E-state index contributed by atoms with van der Waals surface area (Å²) in [5.74, 6) is -1.11. The van der Waals surface area contributed by atoms with Crippen LogP contribution >= 0.6 is 0 Å². The molecule has 1 aromatic carbocycles. The van der Waals surface area contributed by atoms with Gasteiger partial charge in [-0.1, -0.05) is 6.92 Å². The zero-order valence-electron chi connectivity index (χ0n) is 10.8. The van der Waals surface area contributed by atoms with Crippen LogP contribution in [0.15, 0.2) is 18.2 Å². The number of benzene rings is 1. The first kappa shape index (κ1) is 13.8. The van der Waals surface area contributed by atoms with E-state index in [0.29, 0.717) is 13.0 Å². The fraction of sp³-hybridized carbons (Fsp3) is 0.385. The number of nitro groups is 1. The SMILES string of the molecule is CC1CCN(c2cc(C#N)ccc2[N+](=O)[O-])C1C(=O)O. The largest absolute Gasteiger partial charge is 0.480 e. The molecule has 1 aliphatic rings. The van der Waals surface area contributed by atoms with Crippen LogP contribution in [0.1, 0.15) is 18.9 Å². The molecule has 7 heteroatoms. The van der Waals surface area contributed by atoms with Crippen LogP contribution in [0, 0.1) is 27.4 Å². The van der Waals surface area contributed by atoms with Crippen LogP contribution in [0.3, 0.4) is 0 Å². The lowest BCUT2D eigenvalue weighted by atomic mass is 10.0. The maximum Gasteiger partial charge on any atom is 0.326 e. The Labute approximate surface area is 115 Å². The summed E-state index contributed by atoms with van der Waals surface area (Å²) in [6.07, 6.45) is 0.644. The third kappa shape index (κ3) is 2.28. The molecule has 2 rings (SSSR count). The number of nitrogens with zero attached hydrogens (tertiary/aromatic N) is 3. The summed E-state index contributed by atoms with van der Waals surface area (Å²) in [5.41, 5.74) is 0.296. The number of aliphatic carboxylic acids is 1. The molecule has 1 heterocycles. The van der Waals surface area contributed by atoms with Crippen LogP contribution in [-0.4, -0.2) is 28.6 Å². The minimum absolute atomic E-state index is 0.0992. The summed E-state index contributed by atoms with van der Waals surface area (Å²) in [6.45, 7) is 2.23. The third-order valence-electron chi connectivity index (χ3n) is 3.56. The van der Waals surface area contributed by atoms with Crippen molar-refractivity contribution >= 4 is 17.3 Å². The second-order valence-corrected chi connectivity index (χ2v) is 4.81. The van der Waals surface area contributed by atoms with E-state index < -0.39 is 16.9 Å². The van der Waals surface area contributed by atoms with Gasteiger partial charge >= 0.3 is 5.97 Å². The maximum absolute atomic E-state index is 11.4. The molecule has 1 saturated heterocycles. The molecule has 2 unspecified atom stereocenters. The molecule has 0 radical (unpaired) electrons. The molecule has 0 aliphatic carbocycles. The molecule has 7 nitrogen and oxygen atoms in total. The van der Waals surface area contributed by atoms with Crippen molar-refractivity contribution in [3.05, 3.63) is 33.9 Å². The van der Waals surface area contributed by atoms with E-state index in [1.54, 1.807) is 6.92 Å². The van der Waals surface area contributed by atoms with Crippen molar-refractivity contribution in [2.24, 2.45) is 5.92 Å². The standard InChI is InChI=1S/C13H13N3O4/c1-8-4-5-15(12(8)13(17)18)11-6-9(7-14)2-3-10(11)16(19)20/h2-3,6,8,12H,4-5H2,1H3,(H,17,18). The summed E-state index contributed by atoms with van der Waals surface area (Å²) in [6, 6.07) is 5.10. The number of nitro benzene ring substituents is 1. The number of hydrogen-bond donors (Lipinski definition) is 1. The van der Waals surface area contributed by atoms with Crippen molar-refractivity contribution in [2.45, 2.75) is 19.4 Å². The predicted octanol–water partition coefficient (Wildman–Crippen LogP) is 1.77. The highest BCUT2D eigenvalue weighted by Crippen LogP contribution is 2.36. The van der Waals surface area contributed by atoms with Gasteiger partial charge in [-0.3, -0.25) is 10.1 Å². The van der Waals surface area contributed by atoms with Crippen LogP contribution in [0.25, 0.3) is 0 Å². The van der Waals surface area contributed by atoms with Crippen molar-refractivity contribution in [3.8, 4) is 6.07 Å². The van der Waals surface area contributed by atoms with Gasteiger partial charge in [-0.05, 0) is 24.5 Å². The first-order valence-electron chi connectivity index (χ1n) is 6.13. The summed E-state index contributed by atoms with van der Waals surface area (Å²) >= 11 is 0. The highest BCUT2D eigenvalue weighted by Gasteiger charge is 2.39. The van der Waals surface area contributed by atoms with Crippen molar-refractivity contribution in [3.63, 3.8) is 0 Å². The second-order valence-electron chi connectivity index (χ2n) is 4.81. The van der Waals surface area contributed by atoms with Crippen LogP contribution in [-0.2, 0) is 4.79 Å². The predicted molar refractivity (Wildman–Crippen MR) is 70.4 cm³/mol. The first-order valence-corrected chi connectivity index (χ1v) is 6.13. The van der Waals surface area contributed by atoms with E-state index in [9.17, 15) is 20.0 Å². The molecule has 0 aromatic heterocycles. The van der Waals surface area contributed by atoms with Crippen molar-refractivity contribution in [1.82, 2.24) is 0 Å². The number of hydrogen-bond acceptors (Lipinski definition) is 5. The van der Waals surface area contributed by atoms with Crippen LogP contribution in [0.5, 0.6) is 0 Å². The van der Waals surface area contributed by atoms with Gasteiger partial charge in [0.25, 0.3) is 5.69 Å². The molecule has 2 atom stereocenters. The van der Waals surface area contributed by atoms with Gasteiger partial charge in [0.2, 0.25) is 0 Å². The lowest BCUT2D eigenvalue weighted by Crippen LogP contribution is -2.39. The van der Waals surface area contributed by atoms with Crippen molar-refractivity contribution in [1.29, 1.82) is 5.26 Å².